The van der Waals surface area contributed by atoms with Gasteiger partial charge in [-0.3, -0.25) is 9.59 Å². The molecule has 0 saturated heterocycles. The fourth-order valence-corrected chi connectivity index (χ4v) is 4.44. The molecule has 1 aromatic carbocycles. The zero-order chi connectivity index (χ0) is 16.6. The van der Waals surface area contributed by atoms with Crippen LogP contribution >= 0.6 is 22.7 Å². The van der Waals surface area contributed by atoms with E-state index in [9.17, 15) is 14.4 Å². The second-order valence-electron chi connectivity index (χ2n) is 4.87. The standard InChI is InChI=1S/C16H10O5S2/c17-13(18)5-8-2-1-3-9(4-8)14(19)11-6-10-7-12(15(20)21)23-16(10)22-11/h1-4,6-7H,5H2,(H,17,18)(H,20,21). The zero-order valence-electron chi connectivity index (χ0n) is 11.6. The largest absolute Gasteiger partial charge is 0.481 e. The Bertz CT molecular complexity index is 904. The molecule has 0 aliphatic rings. The van der Waals surface area contributed by atoms with Gasteiger partial charge in [-0.25, -0.2) is 4.79 Å². The maximum absolute atomic E-state index is 12.5. The lowest BCUT2D eigenvalue weighted by atomic mass is 10.0. The van der Waals surface area contributed by atoms with Gasteiger partial charge in [-0.05, 0) is 23.8 Å². The maximum Gasteiger partial charge on any atom is 0.345 e. The van der Waals surface area contributed by atoms with Gasteiger partial charge in [0.2, 0.25) is 5.78 Å². The molecule has 2 heterocycles. The van der Waals surface area contributed by atoms with Crippen LogP contribution in [0.3, 0.4) is 0 Å². The van der Waals surface area contributed by atoms with Gasteiger partial charge in [-0.15, -0.1) is 22.7 Å². The first-order valence-corrected chi connectivity index (χ1v) is 8.19. The van der Waals surface area contributed by atoms with Crippen molar-refractivity contribution in [1.29, 1.82) is 0 Å². The maximum atomic E-state index is 12.5. The van der Waals surface area contributed by atoms with Gasteiger partial charge in [0, 0.05) is 10.9 Å². The highest BCUT2D eigenvalue weighted by atomic mass is 32.2. The van der Waals surface area contributed by atoms with E-state index in [1.165, 1.54) is 11.3 Å². The number of carbonyl (C=O) groups excluding carboxylic acids is 1. The molecule has 3 aromatic rings. The summed E-state index contributed by atoms with van der Waals surface area (Å²) in [6.45, 7) is 0. The van der Waals surface area contributed by atoms with Crippen molar-refractivity contribution in [2.45, 2.75) is 6.42 Å². The summed E-state index contributed by atoms with van der Waals surface area (Å²) in [7, 11) is 0. The van der Waals surface area contributed by atoms with E-state index >= 15 is 0 Å². The lowest BCUT2D eigenvalue weighted by molar-refractivity contribution is -0.136. The monoisotopic (exact) mass is 346 g/mol. The number of hydrogen-bond acceptors (Lipinski definition) is 5. The van der Waals surface area contributed by atoms with E-state index < -0.39 is 11.9 Å². The summed E-state index contributed by atoms with van der Waals surface area (Å²) in [6, 6.07) is 9.77. The number of carboxylic acids is 2. The molecule has 0 saturated carbocycles. The third kappa shape index (κ3) is 3.15. The van der Waals surface area contributed by atoms with E-state index in [4.69, 9.17) is 10.2 Å². The number of fused-ring (bicyclic) bond motifs is 1. The van der Waals surface area contributed by atoms with Crippen molar-refractivity contribution >= 4 is 49.8 Å². The minimum atomic E-state index is -0.979. The number of carbonyl (C=O) groups is 3. The number of hydrogen-bond donors (Lipinski definition) is 2. The Morgan fingerprint density at radius 3 is 2.30 bits per heavy atom. The van der Waals surface area contributed by atoms with Gasteiger partial charge < -0.3 is 10.2 Å². The lowest BCUT2D eigenvalue weighted by Gasteiger charge is -2.01. The first-order valence-electron chi connectivity index (χ1n) is 6.56. The van der Waals surface area contributed by atoms with Crippen molar-refractivity contribution in [2.75, 3.05) is 0 Å². The molecule has 7 heteroatoms. The smallest absolute Gasteiger partial charge is 0.345 e. The van der Waals surface area contributed by atoms with E-state index in [0.29, 0.717) is 16.0 Å². The number of ketones is 1. The van der Waals surface area contributed by atoms with E-state index in [-0.39, 0.29) is 17.1 Å². The summed E-state index contributed by atoms with van der Waals surface area (Å²) in [5, 5.41) is 18.5. The van der Waals surface area contributed by atoms with E-state index in [0.717, 1.165) is 20.7 Å². The van der Waals surface area contributed by atoms with Gasteiger partial charge in [0.05, 0.1) is 15.3 Å². The molecular weight excluding hydrogens is 336 g/mol. The minimum absolute atomic E-state index is 0.136. The number of carboxylic acid groups (broad SMARTS) is 2. The summed E-state index contributed by atoms with van der Waals surface area (Å²) < 4.78 is 0.785. The number of thiophene rings is 2. The Hall–Kier alpha value is -2.51. The number of aliphatic carboxylic acids is 1. The van der Waals surface area contributed by atoms with Crippen molar-refractivity contribution in [1.82, 2.24) is 0 Å². The normalized spacial score (nSPS) is 10.8. The first kappa shape index (κ1) is 15.4. The molecule has 0 amide bonds. The SMILES string of the molecule is O=C(O)Cc1cccc(C(=O)c2cc3cc(C(=O)O)sc3s2)c1. The molecule has 0 bridgehead atoms. The predicted molar refractivity (Wildman–Crippen MR) is 87.9 cm³/mol. The highest BCUT2D eigenvalue weighted by molar-refractivity contribution is 7.39. The van der Waals surface area contributed by atoms with Crippen LogP contribution in [0.15, 0.2) is 36.4 Å². The number of aromatic carboxylic acids is 1. The van der Waals surface area contributed by atoms with Gasteiger partial charge in [0.25, 0.3) is 0 Å². The van der Waals surface area contributed by atoms with Gasteiger partial charge in [0.15, 0.2) is 0 Å². The molecule has 0 fully saturated rings. The molecule has 5 nitrogen and oxygen atoms in total. The van der Waals surface area contributed by atoms with Gasteiger partial charge in [0.1, 0.15) is 4.88 Å². The van der Waals surface area contributed by atoms with Gasteiger partial charge in [-0.2, -0.15) is 0 Å². The van der Waals surface area contributed by atoms with Crippen molar-refractivity contribution in [3.8, 4) is 0 Å². The molecular formula is C16H10O5S2. The Balaban J connectivity index is 1.92. The Kier molecular flexibility index (Phi) is 3.97. The fraction of sp³-hybridized carbons (Fsp3) is 0.0625. The van der Waals surface area contributed by atoms with Crippen LogP contribution in [-0.2, 0) is 11.2 Å². The molecule has 0 spiro atoms. The van der Waals surface area contributed by atoms with Crippen LogP contribution in [0.1, 0.15) is 30.5 Å². The second kappa shape index (κ2) is 5.94. The summed E-state index contributed by atoms with van der Waals surface area (Å²) in [4.78, 5) is 35.0. The zero-order valence-corrected chi connectivity index (χ0v) is 13.2. The molecule has 3 rings (SSSR count). The first-order chi connectivity index (χ1) is 10.9. The summed E-state index contributed by atoms with van der Waals surface area (Å²) in [5.41, 5.74) is 0.992. The van der Waals surface area contributed by atoms with Crippen LogP contribution in [0, 0.1) is 0 Å². The van der Waals surface area contributed by atoms with E-state index in [1.807, 2.05) is 0 Å². The predicted octanol–water partition coefficient (Wildman–Crippen LogP) is 3.52. The summed E-state index contributed by atoms with van der Waals surface area (Å²) >= 11 is 2.39. The Labute approximate surface area is 138 Å². The Morgan fingerprint density at radius 1 is 0.957 bits per heavy atom. The quantitative estimate of drug-likeness (QED) is 0.690. The van der Waals surface area contributed by atoms with Crippen LogP contribution in [0.2, 0.25) is 0 Å². The highest BCUT2D eigenvalue weighted by Gasteiger charge is 2.17. The average molecular weight is 346 g/mol. The minimum Gasteiger partial charge on any atom is -0.481 e. The summed E-state index contributed by atoms with van der Waals surface area (Å²) in [6.07, 6.45) is -0.136. The number of rotatable bonds is 5. The van der Waals surface area contributed by atoms with Crippen LogP contribution in [0.5, 0.6) is 0 Å². The van der Waals surface area contributed by atoms with Crippen LogP contribution in [0.4, 0.5) is 0 Å². The van der Waals surface area contributed by atoms with E-state index in [2.05, 4.69) is 0 Å². The molecule has 2 aromatic heterocycles. The third-order valence-electron chi connectivity index (χ3n) is 3.19. The van der Waals surface area contributed by atoms with Crippen molar-refractivity contribution in [2.24, 2.45) is 0 Å². The van der Waals surface area contributed by atoms with Crippen molar-refractivity contribution in [3.63, 3.8) is 0 Å². The molecule has 0 unspecified atom stereocenters. The fourth-order valence-electron chi connectivity index (χ4n) is 2.20. The van der Waals surface area contributed by atoms with Crippen LogP contribution < -0.4 is 0 Å². The highest BCUT2D eigenvalue weighted by Crippen LogP contribution is 2.34. The molecule has 0 atom stereocenters. The molecule has 0 aliphatic carbocycles. The molecule has 23 heavy (non-hydrogen) atoms. The van der Waals surface area contributed by atoms with Crippen LogP contribution in [0.25, 0.3) is 9.40 Å². The molecule has 0 radical (unpaired) electrons. The molecule has 0 aliphatic heterocycles. The lowest BCUT2D eigenvalue weighted by Crippen LogP contribution is -2.03. The molecule has 116 valence electrons. The number of benzene rings is 1. The van der Waals surface area contributed by atoms with Crippen LogP contribution in [-0.4, -0.2) is 27.9 Å². The Morgan fingerprint density at radius 2 is 1.65 bits per heavy atom. The third-order valence-corrected chi connectivity index (χ3v) is 5.57. The van der Waals surface area contributed by atoms with Crippen molar-refractivity contribution < 1.29 is 24.6 Å². The van der Waals surface area contributed by atoms with E-state index in [1.54, 1.807) is 36.4 Å². The second-order valence-corrected chi connectivity index (χ2v) is 7.23. The van der Waals surface area contributed by atoms with Crippen molar-refractivity contribution in [3.05, 3.63) is 57.3 Å². The van der Waals surface area contributed by atoms with Gasteiger partial charge in [-0.1, -0.05) is 18.2 Å². The molecule has 2 N–H and O–H groups in total. The average Bonchev–Trinajstić information content (AvgIpc) is 3.04. The topological polar surface area (TPSA) is 91.7 Å². The summed E-state index contributed by atoms with van der Waals surface area (Å²) in [5.74, 6) is -2.12. The van der Waals surface area contributed by atoms with Gasteiger partial charge >= 0.3 is 11.9 Å².